The summed E-state index contributed by atoms with van der Waals surface area (Å²) in [5.74, 6) is 0.659. The van der Waals surface area contributed by atoms with E-state index in [0.29, 0.717) is 36.4 Å². The molecule has 1 aromatic carbocycles. The number of hydrogen-bond donors (Lipinski definition) is 1. The minimum atomic E-state index is 0.209. The number of benzene rings is 1. The van der Waals surface area contributed by atoms with Crippen molar-refractivity contribution in [2.24, 2.45) is 11.7 Å². The van der Waals surface area contributed by atoms with Crippen LogP contribution in [0, 0.1) is 5.92 Å². The van der Waals surface area contributed by atoms with Crippen LogP contribution < -0.4 is 5.73 Å². The molecule has 2 atom stereocenters. The second-order valence-corrected chi connectivity index (χ2v) is 6.76. The number of rotatable bonds is 4. The third-order valence-electron chi connectivity index (χ3n) is 3.93. The van der Waals surface area contributed by atoms with Gasteiger partial charge in [0, 0.05) is 28.5 Å². The van der Waals surface area contributed by atoms with Crippen LogP contribution in [-0.4, -0.2) is 29.9 Å². The van der Waals surface area contributed by atoms with E-state index in [1.54, 1.807) is 0 Å². The maximum absolute atomic E-state index is 12.3. The Labute approximate surface area is 133 Å². The van der Waals surface area contributed by atoms with Crippen molar-refractivity contribution in [1.82, 2.24) is 4.90 Å². The van der Waals surface area contributed by atoms with Crippen LogP contribution in [0.3, 0.4) is 0 Å². The Hall–Kier alpha value is -0.580. The van der Waals surface area contributed by atoms with Gasteiger partial charge in [0.2, 0.25) is 5.91 Å². The number of carbonyl (C=O) groups excluding carboxylic acids is 1. The van der Waals surface area contributed by atoms with Gasteiger partial charge in [-0.25, -0.2) is 0 Å². The van der Waals surface area contributed by atoms with E-state index in [1.807, 2.05) is 23.1 Å². The number of nitrogens with zero attached hydrogens (tertiary/aromatic N) is 1. The summed E-state index contributed by atoms with van der Waals surface area (Å²) in [5, 5.41) is 0.702. The first-order chi connectivity index (χ1) is 9.51. The molecular formula is C15H20BrClN2O. The Kier molecular flexibility index (Phi) is 5.47. The van der Waals surface area contributed by atoms with Crippen LogP contribution in [0.1, 0.15) is 25.3 Å². The molecule has 0 spiro atoms. The Morgan fingerprint density at radius 3 is 2.95 bits per heavy atom. The number of carbonyl (C=O) groups is 1. The molecule has 1 saturated heterocycles. The fourth-order valence-electron chi connectivity index (χ4n) is 2.78. The van der Waals surface area contributed by atoms with E-state index in [0.717, 1.165) is 23.0 Å². The topological polar surface area (TPSA) is 46.3 Å². The first-order valence-electron chi connectivity index (χ1n) is 6.94. The fourth-order valence-corrected chi connectivity index (χ4v) is 3.42. The molecule has 1 aliphatic heterocycles. The van der Waals surface area contributed by atoms with Gasteiger partial charge < -0.3 is 10.6 Å². The van der Waals surface area contributed by atoms with Crippen molar-refractivity contribution in [3.05, 3.63) is 33.3 Å². The average molecular weight is 360 g/mol. The van der Waals surface area contributed by atoms with Crippen molar-refractivity contribution in [2.75, 3.05) is 13.1 Å². The second-order valence-electron chi connectivity index (χ2n) is 5.47. The van der Waals surface area contributed by atoms with Crippen molar-refractivity contribution in [3.8, 4) is 0 Å². The predicted octanol–water partition coefficient (Wildman–Crippen LogP) is 3.23. The molecule has 0 aliphatic carbocycles. The molecule has 0 bridgehead atoms. The maximum Gasteiger partial charge on any atom is 0.223 e. The average Bonchev–Trinajstić information content (AvgIpc) is 2.81. The lowest BCUT2D eigenvalue weighted by molar-refractivity contribution is -0.131. The predicted molar refractivity (Wildman–Crippen MR) is 85.8 cm³/mol. The smallest absolute Gasteiger partial charge is 0.223 e. The SMILES string of the molecule is CC1CC(CN)CN1C(=O)CCc1cc(Cl)ccc1Br. The number of halogens is 2. The molecule has 1 aliphatic rings. The van der Waals surface area contributed by atoms with E-state index in [-0.39, 0.29) is 5.91 Å². The second kappa shape index (κ2) is 6.92. The molecule has 20 heavy (non-hydrogen) atoms. The maximum atomic E-state index is 12.3. The first kappa shape index (κ1) is 15.8. The Balaban J connectivity index is 1.94. The highest BCUT2D eigenvalue weighted by molar-refractivity contribution is 9.10. The molecular weight excluding hydrogens is 340 g/mol. The lowest BCUT2D eigenvalue weighted by Crippen LogP contribution is -2.34. The highest BCUT2D eigenvalue weighted by Crippen LogP contribution is 2.25. The van der Waals surface area contributed by atoms with Crippen LogP contribution in [0.4, 0.5) is 0 Å². The minimum Gasteiger partial charge on any atom is -0.340 e. The van der Waals surface area contributed by atoms with Gasteiger partial charge in [0.1, 0.15) is 0 Å². The van der Waals surface area contributed by atoms with E-state index in [9.17, 15) is 4.79 Å². The van der Waals surface area contributed by atoms with Crippen molar-refractivity contribution in [3.63, 3.8) is 0 Å². The normalized spacial score (nSPS) is 22.3. The van der Waals surface area contributed by atoms with E-state index in [4.69, 9.17) is 17.3 Å². The third-order valence-corrected chi connectivity index (χ3v) is 4.94. The zero-order valence-corrected chi connectivity index (χ0v) is 14.0. The number of likely N-dealkylation sites (tertiary alicyclic amines) is 1. The Morgan fingerprint density at radius 1 is 1.55 bits per heavy atom. The Morgan fingerprint density at radius 2 is 2.30 bits per heavy atom. The third kappa shape index (κ3) is 3.74. The molecule has 1 aromatic rings. The van der Waals surface area contributed by atoms with E-state index >= 15 is 0 Å². The molecule has 1 amide bonds. The monoisotopic (exact) mass is 358 g/mol. The van der Waals surface area contributed by atoms with E-state index in [2.05, 4.69) is 22.9 Å². The Bertz CT molecular complexity index is 495. The highest BCUT2D eigenvalue weighted by atomic mass is 79.9. The summed E-state index contributed by atoms with van der Waals surface area (Å²) in [6, 6.07) is 5.98. The molecule has 0 saturated carbocycles. The summed E-state index contributed by atoms with van der Waals surface area (Å²) < 4.78 is 1.00. The standard InChI is InChI=1S/C15H20BrClN2O/c1-10-6-11(8-18)9-19(10)15(20)5-2-12-7-13(17)3-4-14(12)16/h3-4,7,10-11H,2,5-6,8-9,18H2,1H3. The van der Waals surface area contributed by atoms with E-state index in [1.165, 1.54) is 0 Å². The van der Waals surface area contributed by atoms with Gasteiger partial charge in [-0.05, 0) is 56.0 Å². The van der Waals surface area contributed by atoms with Crippen LogP contribution >= 0.6 is 27.5 Å². The molecule has 2 unspecified atom stereocenters. The van der Waals surface area contributed by atoms with Crippen LogP contribution in [-0.2, 0) is 11.2 Å². The molecule has 1 heterocycles. The molecule has 0 radical (unpaired) electrons. The molecule has 2 N–H and O–H groups in total. The lowest BCUT2D eigenvalue weighted by atomic mass is 10.1. The van der Waals surface area contributed by atoms with Gasteiger partial charge in [0.25, 0.3) is 0 Å². The number of aryl methyl sites for hydroxylation is 1. The first-order valence-corrected chi connectivity index (χ1v) is 8.11. The van der Waals surface area contributed by atoms with Crippen molar-refractivity contribution in [1.29, 1.82) is 0 Å². The van der Waals surface area contributed by atoms with Gasteiger partial charge in [-0.15, -0.1) is 0 Å². The van der Waals surface area contributed by atoms with Crippen molar-refractivity contribution < 1.29 is 4.79 Å². The van der Waals surface area contributed by atoms with Gasteiger partial charge >= 0.3 is 0 Å². The van der Waals surface area contributed by atoms with Crippen molar-refractivity contribution in [2.45, 2.75) is 32.2 Å². The molecule has 3 nitrogen and oxygen atoms in total. The number of hydrogen-bond acceptors (Lipinski definition) is 2. The summed E-state index contributed by atoms with van der Waals surface area (Å²) in [6.07, 6.45) is 2.24. The van der Waals surface area contributed by atoms with Crippen molar-refractivity contribution >= 4 is 33.4 Å². The van der Waals surface area contributed by atoms with Gasteiger partial charge in [-0.1, -0.05) is 27.5 Å². The fraction of sp³-hybridized carbons (Fsp3) is 0.533. The van der Waals surface area contributed by atoms with Crippen LogP contribution in [0.2, 0.25) is 5.02 Å². The molecule has 110 valence electrons. The lowest BCUT2D eigenvalue weighted by Gasteiger charge is -2.21. The summed E-state index contributed by atoms with van der Waals surface area (Å²) in [6.45, 7) is 3.56. The quantitative estimate of drug-likeness (QED) is 0.897. The molecule has 5 heteroatoms. The van der Waals surface area contributed by atoms with Gasteiger partial charge in [0.15, 0.2) is 0 Å². The number of nitrogens with two attached hydrogens (primary N) is 1. The van der Waals surface area contributed by atoms with Crippen LogP contribution in [0.25, 0.3) is 0 Å². The molecule has 0 aromatic heterocycles. The molecule has 1 fully saturated rings. The summed E-state index contributed by atoms with van der Waals surface area (Å²) in [5.41, 5.74) is 6.78. The summed E-state index contributed by atoms with van der Waals surface area (Å²) >= 11 is 9.49. The van der Waals surface area contributed by atoms with Gasteiger partial charge in [0.05, 0.1) is 0 Å². The highest BCUT2D eigenvalue weighted by Gasteiger charge is 2.31. The molecule has 2 rings (SSSR count). The van der Waals surface area contributed by atoms with Gasteiger partial charge in [-0.2, -0.15) is 0 Å². The summed E-state index contributed by atoms with van der Waals surface area (Å²) in [7, 11) is 0. The van der Waals surface area contributed by atoms with Crippen LogP contribution in [0.15, 0.2) is 22.7 Å². The zero-order valence-electron chi connectivity index (χ0n) is 11.6. The number of amides is 1. The van der Waals surface area contributed by atoms with E-state index < -0.39 is 0 Å². The minimum absolute atomic E-state index is 0.209. The van der Waals surface area contributed by atoms with Gasteiger partial charge in [-0.3, -0.25) is 4.79 Å². The zero-order chi connectivity index (χ0) is 14.7. The summed E-state index contributed by atoms with van der Waals surface area (Å²) in [4.78, 5) is 14.3. The van der Waals surface area contributed by atoms with Crippen LogP contribution in [0.5, 0.6) is 0 Å². The largest absolute Gasteiger partial charge is 0.340 e.